The molecule has 0 fully saturated rings. The topological polar surface area (TPSA) is 12.0 Å². The molecule has 0 aliphatic heterocycles. The predicted octanol–water partition coefficient (Wildman–Crippen LogP) is 3.95. The lowest BCUT2D eigenvalue weighted by Crippen LogP contribution is -2.20. The third kappa shape index (κ3) is 3.02. The Bertz CT molecular complexity index is 543. The van der Waals surface area contributed by atoms with Crippen molar-refractivity contribution < 1.29 is 4.39 Å². The highest BCUT2D eigenvalue weighted by atomic mass is 19.1. The molecule has 0 bridgehead atoms. The van der Waals surface area contributed by atoms with Crippen LogP contribution in [0, 0.1) is 19.7 Å². The number of rotatable bonds is 4. The van der Waals surface area contributed by atoms with Gasteiger partial charge >= 0.3 is 0 Å². The molecule has 2 aromatic carbocycles. The zero-order valence-electron chi connectivity index (χ0n) is 11.7. The smallest absolute Gasteiger partial charge is 0.127 e. The van der Waals surface area contributed by atoms with Gasteiger partial charge in [0, 0.05) is 11.6 Å². The zero-order chi connectivity index (χ0) is 13.8. The number of hydrogen-bond donors (Lipinski definition) is 1. The predicted molar refractivity (Wildman–Crippen MR) is 77.8 cm³/mol. The van der Waals surface area contributed by atoms with Crippen LogP contribution in [0.15, 0.2) is 42.5 Å². The first-order valence-electron chi connectivity index (χ1n) is 6.60. The number of aryl methyl sites for hydroxylation is 2. The van der Waals surface area contributed by atoms with Crippen molar-refractivity contribution in [3.63, 3.8) is 0 Å². The summed E-state index contributed by atoms with van der Waals surface area (Å²) in [5.74, 6) is -0.145. The van der Waals surface area contributed by atoms with Crippen LogP contribution in [-0.4, -0.2) is 7.05 Å². The van der Waals surface area contributed by atoms with Gasteiger partial charge in [-0.25, -0.2) is 4.39 Å². The monoisotopic (exact) mass is 257 g/mol. The van der Waals surface area contributed by atoms with Crippen molar-refractivity contribution in [1.29, 1.82) is 0 Å². The van der Waals surface area contributed by atoms with Gasteiger partial charge in [0.05, 0.1) is 0 Å². The molecule has 0 heterocycles. The highest BCUT2D eigenvalue weighted by Gasteiger charge is 2.16. The molecule has 100 valence electrons. The van der Waals surface area contributed by atoms with E-state index in [0.717, 1.165) is 12.0 Å². The minimum absolute atomic E-state index is 0.000926. The molecule has 1 N–H and O–H groups in total. The third-order valence-electron chi connectivity index (χ3n) is 3.68. The normalized spacial score (nSPS) is 12.4. The molecule has 0 saturated heterocycles. The fourth-order valence-electron chi connectivity index (χ4n) is 2.50. The van der Waals surface area contributed by atoms with Crippen LogP contribution in [0.3, 0.4) is 0 Å². The van der Waals surface area contributed by atoms with Gasteiger partial charge in [-0.2, -0.15) is 0 Å². The van der Waals surface area contributed by atoms with Gasteiger partial charge in [0.2, 0.25) is 0 Å². The van der Waals surface area contributed by atoms with E-state index in [1.807, 2.05) is 19.2 Å². The minimum Gasteiger partial charge on any atom is -0.313 e. The van der Waals surface area contributed by atoms with E-state index in [1.54, 1.807) is 6.07 Å². The van der Waals surface area contributed by atoms with Crippen LogP contribution in [0.2, 0.25) is 0 Å². The average molecular weight is 257 g/mol. The van der Waals surface area contributed by atoms with E-state index in [2.05, 4.69) is 37.4 Å². The first-order chi connectivity index (χ1) is 9.13. The van der Waals surface area contributed by atoms with E-state index in [0.29, 0.717) is 0 Å². The Morgan fingerprint density at radius 3 is 2.21 bits per heavy atom. The molecular weight excluding hydrogens is 237 g/mol. The maximum Gasteiger partial charge on any atom is 0.127 e. The fraction of sp³-hybridized carbons (Fsp3) is 0.294. The molecule has 2 heteroatoms. The molecule has 0 aromatic heterocycles. The Labute approximate surface area is 114 Å². The fourth-order valence-corrected chi connectivity index (χ4v) is 2.50. The maximum absolute atomic E-state index is 13.9. The van der Waals surface area contributed by atoms with Gasteiger partial charge in [-0.1, -0.05) is 36.4 Å². The molecule has 2 aromatic rings. The molecule has 19 heavy (non-hydrogen) atoms. The maximum atomic E-state index is 13.9. The summed E-state index contributed by atoms with van der Waals surface area (Å²) in [6, 6.07) is 13.3. The second kappa shape index (κ2) is 5.98. The highest BCUT2D eigenvalue weighted by Crippen LogP contribution is 2.24. The molecule has 0 spiro atoms. The summed E-state index contributed by atoms with van der Waals surface area (Å²) >= 11 is 0. The Hall–Kier alpha value is -1.67. The Morgan fingerprint density at radius 1 is 1.00 bits per heavy atom. The average Bonchev–Trinajstić information content (AvgIpc) is 2.40. The van der Waals surface area contributed by atoms with Crippen LogP contribution in [0.4, 0.5) is 4.39 Å². The van der Waals surface area contributed by atoms with Crippen molar-refractivity contribution >= 4 is 0 Å². The first-order valence-corrected chi connectivity index (χ1v) is 6.60. The SMILES string of the molecule is CNC(Cc1c(C)cccc1C)c1ccccc1F. The summed E-state index contributed by atoms with van der Waals surface area (Å²) < 4.78 is 13.9. The van der Waals surface area contributed by atoms with Crippen molar-refractivity contribution in [3.8, 4) is 0 Å². The zero-order valence-corrected chi connectivity index (χ0v) is 11.7. The van der Waals surface area contributed by atoms with Crippen molar-refractivity contribution in [1.82, 2.24) is 5.32 Å². The van der Waals surface area contributed by atoms with Gasteiger partial charge in [-0.15, -0.1) is 0 Å². The van der Waals surface area contributed by atoms with Gasteiger partial charge in [0.1, 0.15) is 5.82 Å². The van der Waals surface area contributed by atoms with Crippen LogP contribution in [-0.2, 0) is 6.42 Å². The van der Waals surface area contributed by atoms with Crippen molar-refractivity contribution in [2.24, 2.45) is 0 Å². The Kier molecular flexibility index (Phi) is 4.33. The van der Waals surface area contributed by atoms with Gasteiger partial charge in [0.15, 0.2) is 0 Å². The lowest BCUT2D eigenvalue weighted by molar-refractivity contribution is 0.532. The van der Waals surface area contributed by atoms with Crippen LogP contribution >= 0.6 is 0 Å². The summed E-state index contributed by atoms with van der Waals surface area (Å²) in [4.78, 5) is 0. The molecule has 0 aliphatic rings. The molecule has 1 unspecified atom stereocenters. The molecule has 0 saturated carbocycles. The number of hydrogen-bond acceptors (Lipinski definition) is 1. The molecule has 1 nitrogen and oxygen atoms in total. The van der Waals surface area contributed by atoms with Crippen LogP contribution in [0.5, 0.6) is 0 Å². The Morgan fingerprint density at radius 2 is 1.63 bits per heavy atom. The van der Waals surface area contributed by atoms with Crippen molar-refractivity contribution in [3.05, 3.63) is 70.5 Å². The van der Waals surface area contributed by atoms with E-state index in [9.17, 15) is 4.39 Å². The van der Waals surface area contributed by atoms with E-state index in [1.165, 1.54) is 22.8 Å². The van der Waals surface area contributed by atoms with Crippen LogP contribution in [0.25, 0.3) is 0 Å². The lowest BCUT2D eigenvalue weighted by Gasteiger charge is -2.20. The summed E-state index contributed by atoms with van der Waals surface area (Å²) in [7, 11) is 1.88. The van der Waals surface area contributed by atoms with Gasteiger partial charge in [-0.3, -0.25) is 0 Å². The molecular formula is C17H20FN. The van der Waals surface area contributed by atoms with E-state index < -0.39 is 0 Å². The third-order valence-corrected chi connectivity index (χ3v) is 3.68. The summed E-state index contributed by atoms with van der Waals surface area (Å²) in [5.41, 5.74) is 4.55. The van der Waals surface area contributed by atoms with Crippen molar-refractivity contribution in [2.75, 3.05) is 7.05 Å². The quantitative estimate of drug-likeness (QED) is 0.874. The first kappa shape index (κ1) is 13.8. The second-order valence-corrected chi connectivity index (χ2v) is 4.94. The molecule has 0 aliphatic carbocycles. The molecule has 0 radical (unpaired) electrons. The molecule has 1 atom stereocenters. The lowest BCUT2D eigenvalue weighted by atomic mass is 9.93. The van der Waals surface area contributed by atoms with Crippen molar-refractivity contribution in [2.45, 2.75) is 26.3 Å². The molecule has 2 rings (SSSR count). The van der Waals surface area contributed by atoms with Gasteiger partial charge in [0.25, 0.3) is 0 Å². The van der Waals surface area contributed by atoms with Crippen LogP contribution in [0.1, 0.15) is 28.3 Å². The second-order valence-electron chi connectivity index (χ2n) is 4.94. The van der Waals surface area contributed by atoms with Gasteiger partial charge < -0.3 is 5.32 Å². The number of likely N-dealkylation sites (N-methyl/N-ethyl adjacent to an activating group) is 1. The number of halogens is 1. The summed E-state index contributed by atoms with van der Waals surface area (Å²) in [6.07, 6.45) is 0.802. The highest BCUT2D eigenvalue weighted by molar-refractivity contribution is 5.35. The minimum atomic E-state index is -0.145. The summed E-state index contributed by atoms with van der Waals surface area (Å²) in [6.45, 7) is 4.22. The number of benzene rings is 2. The van der Waals surface area contributed by atoms with E-state index >= 15 is 0 Å². The van der Waals surface area contributed by atoms with Gasteiger partial charge in [-0.05, 0) is 50.1 Å². The largest absolute Gasteiger partial charge is 0.313 e. The van der Waals surface area contributed by atoms with E-state index in [4.69, 9.17) is 0 Å². The van der Waals surface area contributed by atoms with Crippen LogP contribution < -0.4 is 5.32 Å². The number of nitrogens with one attached hydrogen (secondary N) is 1. The Balaban J connectivity index is 2.32. The summed E-state index contributed by atoms with van der Waals surface area (Å²) in [5, 5.41) is 3.22. The molecule has 0 amide bonds. The van der Waals surface area contributed by atoms with E-state index in [-0.39, 0.29) is 11.9 Å². The standard InChI is InChI=1S/C17H20FN/c1-12-7-6-8-13(2)15(12)11-17(19-3)14-9-4-5-10-16(14)18/h4-10,17,19H,11H2,1-3H3.